The number of benzene rings is 1. The van der Waals surface area contributed by atoms with Crippen LogP contribution >= 0.6 is 22.7 Å². The number of hydrogen-bond acceptors (Lipinski definition) is 7. The quantitative estimate of drug-likeness (QED) is 0.642. The molecule has 146 valence electrons. The van der Waals surface area contributed by atoms with E-state index in [1.54, 1.807) is 6.92 Å². The van der Waals surface area contributed by atoms with Gasteiger partial charge in [0.2, 0.25) is 0 Å². The van der Waals surface area contributed by atoms with Gasteiger partial charge in [0.15, 0.2) is 5.13 Å². The Morgan fingerprint density at radius 1 is 1.04 bits per heavy atom. The fourth-order valence-electron chi connectivity index (χ4n) is 3.10. The van der Waals surface area contributed by atoms with Crippen LogP contribution in [0.3, 0.4) is 0 Å². The number of carbonyl (C=O) groups is 2. The fourth-order valence-corrected chi connectivity index (χ4v) is 5.22. The summed E-state index contributed by atoms with van der Waals surface area (Å²) in [6.07, 6.45) is 0. The SMILES string of the molecule is Cc1nc(N2CCOCC2)sc1C(=O)NNC(=O)c1sc2ccccc2c1C. The maximum atomic E-state index is 12.6. The molecule has 3 heterocycles. The van der Waals surface area contributed by atoms with E-state index in [9.17, 15) is 9.59 Å². The minimum absolute atomic E-state index is 0.317. The fraction of sp³-hybridized carbons (Fsp3) is 0.316. The second-order valence-electron chi connectivity index (χ2n) is 6.47. The molecule has 0 radical (unpaired) electrons. The van der Waals surface area contributed by atoms with Crippen LogP contribution in [-0.2, 0) is 4.74 Å². The van der Waals surface area contributed by atoms with Gasteiger partial charge in [0.05, 0.1) is 23.8 Å². The molecule has 0 saturated carbocycles. The highest BCUT2D eigenvalue weighted by Gasteiger charge is 2.21. The Morgan fingerprint density at radius 2 is 1.71 bits per heavy atom. The Morgan fingerprint density at radius 3 is 2.43 bits per heavy atom. The lowest BCUT2D eigenvalue weighted by atomic mass is 10.1. The second kappa shape index (κ2) is 7.86. The zero-order valence-corrected chi connectivity index (χ0v) is 17.2. The van der Waals surface area contributed by atoms with Crippen molar-refractivity contribution in [1.82, 2.24) is 15.8 Å². The van der Waals surface area contributed by atoms with Gasteiger partial charge < -0.3 is 9.64 Å². The predicted octanol–water partition coefficient (Wildman–Crippen LogP) is 2.89. The van der Waals surface area contributed by atoms with Crippen molar-refractivity contribution in [2.45, 2.75) is 13.8 Å². The maximum absolute atomic E-state index is 12.6. The van der Waals surface area contributed by atoms with Gasteiger partial charge in [-0.25, -0.2) is 4.98 Å². The molecule has 1 aliphatic rings. The van der Waals surface area contributed by atoms with E-state index in [2.05, 4.69) is 20.7 Å². The molecule has 1 aliphatic heterocycles. The first-order valence-electron chi connectivity index (χ1n) is 8.93. The molecule has 0 aliphatic carbocycles. The molecule has 2 aromatic heterocycles. The minimum Gasteiger partial charge on any atom is -0.378 e. The monoisotopic (exact) mass is 416 g/mol. The molecule has 1 aromatic carbocycles. The highest BCUT2D eigenvalue weighted by atomic mass is 32.1. The van der Waals surface area contributed by atoms with Crippen LogP contribution in [0.4, 0.5) is 5.13 Å². The van der Waals surface area contributed by atoms with Crippen molar-refractivity contribution in [2.75, 3.05) is 31.2 Å². The van der Waals surface area contributed by atoms with Crippen molar-refractivity contribution >= 4 is 49.7 Å². The number of morpholine rings is 1. The molecule has 1 saturated heterocycles. The second-order valence-corrected chi connectivity index (χ2v) is 8.50. The van der Waals surface area contributed by atoms with Crippen LogP contribution in [-0.4, -0.2) is 43.1 Å². The Balaban J connectivity index is 1.44. The number of nitrogens with one attached hydrogen (secondary N) is 2. The Kier molecular flexibility index (Phi) is 5.29. The van der Waals surface area contributed by atoms with Gasteiger partial charge in [-0.15, -0.1) is 11.3 Å². The summed E-state index contributed by atoms with van der Waals surface area (Å²) in [6.45, 7) is 6.55. The summed E-state index contributed by atoms with van der Waals surface area (Å²) in [5, 5.41) is 1.86. The van der Waals surface area contributed by atoms with Gasteiger partial charge in [0.25, 0.3) is 11.8 Å². The number of hydrazine groups is 1. The van der Waals surface area contributed by atoms with E-state index in [0.717, 1.165) is 33.9 Å². The third-order valence-electron chi connectivity index (χ3n) is 4.61. The first-order chi connectivity index (χ1) is 13.5. The summed E-state index contributed by atoms with van der Waals surface area (Å²) in [6, 6.07) is 7.87. The molecule has 0 atom stereocenters. The number of carbonyl (C=O) groups excluding carboxylic acids is 2. The lowest BCUT2D eigenvalue weighted by Gasteiger charge is -2.25. The van der Waals surface area contributed by atoms with E-state index in [0.29, 0.717) is 28.7 Å². The van der Waals surface area contributed by atoms with Gasteiger partial charge in [-0.2, -0.15) is 0 Å². The minimum atomic E-state index is -0.360. The molecular weight excluding hydrogens is 396 g/mol. The molecule has 9 heteroatoms. The van der Waals surface area contributed by atoms with Crippen LogP contribution in [0.5, 0.6) is 0 Å². The zero-order chi connectivity index (χ0) is 19.7. The topological polar surface area (TPSA) is 83.6 Å². The van der Waals surface area contributed by atoms with Crippen LogP contribution in [0.1, 0.15) is 30.6 Å². The van der Waals surface area contributed by atoms with E-state index >= 15 is 0 Å². The predicted molar refractivity (Wildman–Crippen MR) is 111 cm³/mol. The Labute approximate surface area is 170 Å². The van der Waals surface area contributed by atoms with E-state index in [4.69, 9.17) is 4.74 Å². The number of ether oxygens (including phenoxy) is 1. The van der Waals surface area contributed by atoms with Crippen molar-refractivity contribution in [2.24, 2.45) is 0 Å². The summed E-state index contributed by atoms with van der Waals surface area (Å²) < 4.78 is 6.40. The zero-order valence-electron chi connectivity index (χ0n) is 15.6. The molecule has 2 N–H and O–H groups in total. The number of hydrogen-bond donors (Lipinski definition) is 2. The van der Waals surface area contributed by atoms with Crippen molar-refractivity contribution < 1.29 is 14.3 Å². The third-order valence-corrected chi connectivity index (χ3v) is 7.10. The van der Waals surface area contributed by atoms with Gasteiger partial charge >= 0.3 is 0 Å². The van der Waals surface area contributed by atoms with Crippen LogP contribution < -0.4 is 15.8 Å². The normalized spacial score (nSPS) is 14.3. The molecule has 3 aromatic rings. The molecule has 0 unspecified atom stereocenters. The molecule has 0 bridgehead atoms. The van der Waals surface area contributed by atoms with E-state index in [1.807, 2.05) is 31.2 Å². The third kappa shape index (κ3) is 3.60. The highest BCUT2D eigenvalue weighted by molar-refractivity contribution is 7.21. The number of thiazole rings is 1. The van der Waals surface area contributed by atoms with Crippen molar-refractivity contribution in [3.8, 4) is 0 Å². The van der Waals surface area contributed by atoms with Crippen molar-refractivity contribution in [3.05, 3.63) is 45.3 Å². The summed E-state index contributed by atoms with van der Waals surface area (Å²) in [4.78, 5) is 32.8. The molecule has 0 spiro atoms. The van der Waals surface area contributed by atoms with Gasteiger partial charge in [-0.05, 0) is 30.9 Å². The van der Waals surface area contributed by atoms with Gasteiger partial charge in [0.1, 0.15) is 4.88 Å². The maximum Gasteiger partial charge on any atom is 0.281 e. The smallest absolute Gasteiger partial charge is 0.281 e. The van der Waals surface area contributed by atoms with E-state index in [1.165, 1.54) is 22.7 Å². The number of rotatable bonds is 3. The highest BCUT2D eigenvalue weighted by Crippen LogP contribution is 2.30. The summed E-state index contributed by atoms with van der Waals surface area (Å²) in [5.41, 5.74) is 6.62. The number of amides is 2. The van der Waals surface area contributed by atoms with Crippen LogP contribution in [0, 0.1) is 13.8 Å². The number of anilines is 1. The number of fused-ring (bicyclic) bond motifs is 1. The van der Waals surface area contributed by atoms with E-state index < -0.39 is 0 Å². The largest absolute Gasteiger partial charge is 0.378 e. The van der Waals surface area contributed by atoms with Crippen molar-refractivity contribution in [1.29, 1.82) is 0 Å². The number of nitrogens with zero attached hydrogens (tertiary/aromatic N) is 2. The lowest BCUT2D eigenvalue weighted by Crippen LogP contribution is -2.41. The molecule has 4 rings (SSSR count). The van der Waals surface area contributed by atoms with Crippen molar-refractivity contribution in [3.63, 3.8) is 0 Å². The molecular formula is C19H20N4O3S2. The number of aryl methyl sites for hydroxylation is 2. The van der Waals surface area contributed by atoms with Crippen LogP contribution in [0.2, 0.25) is 0 Å². The molecule has 1 fully saturated rings. The van der Waals surface area contributed by atoms with E-state index in [-0.39, 0.29) is 11.8 Å². The first-order valence-corrected chi connectivity index (χ1v) is 10.6. The van der Waals surface area contributed by atoms with Crippen LogP contribution in [0.15, 0.2) is 24.3 Å². The average molecular weight is 417 g/mol. The lowest BCUT2D eigenvalue weighted by molar-refractivity contribution is 0.0850. The average Bonchev–Trinajstić information content (AvgIpc) is 3.27. The van der Waals surface area contributed by atoms with Gasteiger partial charge in [-0.3, -0.25) is 20.4 Å². The van der Waals surface area contributed by atoms with Gasteiger partial charge in [-0.1, -0.05) is 29.5 Å². The summed E-state index contributed by atoms with van der Waals surface area (Å²) in [5.74, 6) is -0.677. The molecule has 28 heavy (non-hydrogen) atoms. The molecule has 7 nitrogen and oxygen atoms in total. The standard InChI is InChI=1S/C19H20N4O3S2/c1-11-13-5-3-4-6-14(13)27-15(11)17(24)21-22-18(25)16-12(2)20-19(28-16)23-7-9-26-10-8-23/h3-6H,7-10H2,1-2H3,(H,21,24)(H,22,25). The molecule has 2 amide bonds. The summed E-state index contributed by atoms with van der Waals surface area (Å²) in [7, 11) is 0. The number of thiophene rings is 1. The van der Waals surface area contributed by atoms with Gasteiger partial charge in [0, 0.05) is 17.8 Å². The van der Waals surface area contributed by atoms with Crippen LogP contribution in [0.25, 0.3) is 10.1 Å². The Hall–Kier alpha value is -2.49. The first kappa shape index (κ1) is 18.9. The Bertz CT molecular complexity index is 1040. The summed E-state index contributed by atoms with van der Waals surface area (Å²) >= 11 is 2.74. The number of aromatic nitrogens is 1.